The van der Waals surface area contributed by atoms with E-state index in [-0.39, 0.29) is 19.4 Å². The summed E-state index contributed by atoms with van der Waals surface area (Å²) in [4.78, 5) is 32.6. The SMILES string of the molecule is CN(CC(N)=O)C(=O)CCC(=O)O. The van der Waals surface area contributed by atoms with Gasteiger partial charge in [0.1, 0.15) is 0 Å². The molecule has 0 radical (unpaired) electrons. The van der Waals surface area contributed by atoms with Crippen molar-refractivity contribution in [3.8, 4) is 0 Å². The average molecular weight is 188 g/mol. The Labute approximate surface area is 75.3 Å². The number of nitrogens with two attached hydrogens (primary N) is 1. The van der Waals surface area contributed by atoms with Crippen LogP contribution in [0.1, 0.15) is 12.8 Å². The number of amides is 2. The molecule has 0 saturated heterocycles. The highest BCUT2D eigenvalue weighted by molar-refractivity contribution is 5.85. The zero-order valence-electron chi connectivity index (χ0n) is 7.32. The summed E-state index contributed by atoms with van der Waals surface area (Å²) in [5, 5.41) is 8.26. The third kappa shape index (κ3) is 5.66. The first-order valence-corrected chi connectivity index (χ1v) is 3.67. The summed E-state index contributed by atoms with van der Waals surface area (Å²) < 4.78 is 0. The van der Waals surface area contributed by atoms with Crippen LogP contribution in [0.15, 0.2) is 0 Å². The standard InChI is InChI=1S/C7H12N2O4/c1-9(4-5(8)10)6(11)2-3-7(12)13/h2-4H2,1H3,(H2,8,10)(H,12,13). The molecule has 0 aliphatic carbocycles. The van der Waals surface area contributed by atoms with Gasteiger partial charge >= 0.3 is 5.97 Å². The predicted molar refractivity (Wildman–Crippen MR) is 43.7 cm³/mol. The molecule has 0 bridgehead atoms. The van der Waals surface area contributed by atoms with E-state index in [2.05, 4.69) is 0 Å². The van der Waals surface area contributed by atoms with Crippen LogP contribution in [0.5, 0.6) is 0 Å². The predicted octanol–water partition coefficient (Wildman–Crippen LogP) is -1.21. The van der Waals surface area contributed by atoms with Crippen LogP contribution in [-0.4, -0.2) is 41.4 Å². The van der Waals surface area contributed by atoms with Crippen LogP contribution >= 0.6 is 0 Å². The number of carboxylic acids is 1. The molecule has 0 atom stereocenters. The molecule has 0 aromatic carbocycles. The van der Waals surface area contributed by atoms with E-state index >= 15 is 0 Å². The lowest BCUT2D eigenvalue weighted by Gasteiger charge is -2.13. The maximum atomic E-state index is 11.0. The second-order valence-electron chi connectivity index (χ2n) is 2.61. The summed E-state index contributed by atoms with van der Waals surface area (Å²) >= 11 is 0. The normalized spacial score (nSPS) is 9.31. The molecule has 0 saturated carbocycles. The highest BCUT2D eigenvalue weighted by Crippen LogP contribution is 1.94. The monoisotopic (exact) mass is 188 g/mol. The number of hydrogen-bond acceptors (Lipinski definition) is 3. The molecule has 6 heteroatoms. The van der Waals surface area contributed by atoms with Crippen molar-refractivity contribution in [3.05, 3.63) is 0 Å². The first kappa shape index (κ1) is 11.4. The maximum Gasteiger partial charge on any atom is 0.303 e. The molecule has 0 rings (SSSR count). The number of aliphatic carboxylic acids is 1. The molecular weight excluding hydrogens is 176 g/mol. The first-order chi connectivity index (χ1) is 5.93. The number of hydrogen-bond donors (Lipinski definition) is 2. The van der Waals surface area contributed by atoms with E-state index in [1.54, 1.807) is 0 Å². The molecule has 0 aromatic rings. The van der Waals surface area contributed by atoms with Crippen LogP contribution in [0.2, 0.25) is 0 Å². The van der Waals surface area contributed by atoms with Gasteiger partial charge in [-0.2, -0.15) is 0 Å². The molecule has 0 unspecified atom stereocenters. The van der Waals surface area contributed by atoms with Crippen molar-refractivity contribution in [1.82, 2.24) is 4.90 Å². The van der Waals surface area contributed by atoms with Crippen LogP contribution in [0.4, 0.5) is 0 Å². The number of primary amides is 1. The van der Waals surface area contributed by atoms with Crippen LogP contribution in [0.25, 0.3) is 0 Å². The summed E-state index contributed by atoms with van der Waals surface area (Å²) in [7, 11) is 1.40. The molecule has 0 aromatic heterocycles. The summed E-state index contributed by atoms with van der Waals surface area (Å²) in [5.74, 6) is -2.06. The summed E-state index contributed by atoms with van der Waals surface area (Å²) in [5.41, 5.74) is 4.84. The molecule has 13 heavy (non-hydrogen) atoms. The smallest absolute Gasteiger partial charge is 0.303 e. The van der Waals surface area contributed by atoms with Gasteiger partial charge in [-0.3, -0.25) is 14.4 Å². The lowest BCUT2D eigenvalue weighted by molar-refractivity contribution is -0.141. The van der Waals surface area contributed by atoms with Crippen molar-refractivity contribution in [2.75, 3.05) is 13.6 Å². The zero-order chi connectivity index (χ0) is 10.4. The number of carboxylic acid groups (broad SMARTS) is 1. The molecule has 0 aliphatic rings. The van der Waals surface area contributed by atoms with E-state index in [9.17, 15) is 14.4 Å². The minimum absolute atomic E-state index is 0.112. The number of likely N-dealkylation sites (N-methyl/N-ethyl adjacent to an activating group) is 1. The highest BCUT2D eigenvalue weighted by Gasteiger charge is 2.11. The summed E-state index contributed by atoms with van der Waals surface area (Å²) in [6.07, 6.45) is -0.346. The van der Waals surface area contributed by atoms with Crippen LogP contribution in [0.3, 0.4) is 0 Å². The van der Waals surface area contributed by atoms with Crippen molar-refractivity contribution < 1.29 is 19.5 Å². The van der Waals surface area contributed by atoms with Gasteiger partial charge in [-0.25, -0.2) is 0 Å². The van der Waals surface area contributed by atoms with Gasteiger partial charge < -0.3 is 15.7 Å². The van der Waals surface area contributed by atoms with Crippen LogP contribution < -0.4 is 5.73 Å². The van der Waals surface area contributed by atoms with E-state index < -0.39 is 17.8 Å². The first-order valence-electron chi connectivity index (χ1n) is 3.67. The van der Waals surface area contributed by atoms with E-state index in [1.165, 1.54) is 7.05 Å². The van der Waals surface area contributed by atoms with Crippen molar-refractivity contribution in [2.45, 2.75) is 12.8 Å². The minimum atomic E-state index is -1.04. The van der Waals surface area contributed by atoms with Gasteiger partial charge in [0.15, 0.2) is 0 Å². The molecule has 0 aliphatic heterocycles. The van der Waals surface area contributed by atoms with Crippen LogP contribution in [-0.2, 0) is 14.4 Å². The van der Waals surface area contributed by atoms with Crippen LogP contribution in [0, 0.1) is 0 Å². The fraction of sp³-hybridized carbons (Fsp3) is 0.571. The van der Waals surface area contributed by atoms with Crippen molar-refractivity contribution in [2.24, 2.45) is 5.73 Å². The Morgan fingerprint density at radius 3 is 2.23 bits per heavy atom. The van der Waals surface area contributed by atoms with Gasteiger partial charge in [-0.15, -0.1) is 0 Å². The van der Waals surface area contributed by atoms with E-state index in [4.69, 9.17) is 10.8 Å². The molecule has 74 valence electrons. The fourth-order valence-corrected chi connectivity index (χ4v) is 0.727. The molecule has 2 amide bonds. The molecular formula is C7H12N2O4. The second-order valence-corrected chi connectivity index (χ2v) is 2.61. The Bertz CT molecular complexity index is 227. The van der Waals surface area contributed by atoms with Gasteiger partial charge in [-0.05, 0) is 0 Å². The van der Waals surface area contributed by atoms with Gasteiger partial charge in [0, 0.05) is 13.5 Å². The maximum absolute atomic E-state index is 11.0. The number of carbonyl (C=O) groups is 3. The van der Waals surface area contributed by atoms with Gasteiger partial charge in [-0.1, -0.05) is 0 Å². The van der Waals surface area contributed by atoms with Crippen molar-refractivity contribution >= 4 is 17.8 Å². The van der Waals surface area contributed by atoms with Gasteiger partial charge in [0.25, 0.3) is 0 Å². The van der Waals surface area contributed by atoms with Gasteiger partial charge in [0.05, 0.1) is 13.0 Å². The lowest BCUT2D eigenvalue weighted by Crippen LogP contribution is -2.35. The second kappa shape index (κ2) is 5.13. The Hall–Kier alpha value is -1.59. The molecule has 0 spiro atoms. The fourth-order valence-electron chi connectivity index (χ4n) is 0.727. The Morgan fingerprint density at radius 1 is 1.31 bits per heavy atom. The topological polar surface area (TPSA) is 101 Å². The Morgan fingerprint density at radius 2 is 1.85 bits per heavy atom. The highest BCUT2D eigenvalue weighted by atomic mass is 16.4. The largest absolute Gasteiger partial charge is 0.481 e. The average Bonchev–Trinajstić information content (AvgIpc) is 1.98. The third-order valence-electron chi connectivity index (χ3n) is 1.37. The number of nitrogens with zero attached hydrogens (tertiary/aromatic N) is 1. The summed E-state index contributed by atoms with van der Waals surface area (Å²) in [6, 6.07) is 0. The number of rotatable bonds is 5. The van der Waals surface area contributed by atoms with E-state index in [1.807, 2.05) is 0 Å². The summed E-state index contributed by atoms with van der Waals surface area (Å²) in [6.45, 7) is -0.182. The zero-order valence-corrected chi connectivity index (χ0v) is 7.32. The minimum Gasteiger partial charge on any atom is -0.481 e. The van der Waals surface area contributed by atoms with E-state index in [0.29, 0.717) is 0 Å². The van der Waals surface area contributed by atoms with Gasteiger partial charge in [0.2, 0.25) is 11.8 Å². The molecule has 3 N–H and O–H groups in total. The Balaban J connectivity index is 3.82. The quantitative estimate of drug-likeness (QED) is 0.565. The van der Waals surface area contributed by atoms with Crippen molar-refractivity contribution in [3.63, 3.8) is 0 Å². The molecule has 0 heterocycles. The van der Waals surface area contributed by atoms with Crippen molar-refractivity contribution in [1.29, 1.82) is 0 Å². The molecule has 6 nitrogen and oxygen atoms in total. The van der Waals surface area contributed by atoms with E-state index in [0.717, 1.165) is 4.90 Å². The molecule has 0 fully saturated rings. The third-order valence-corrected chi connectivity index (χ3v) is 1.37. The Kier molecular flexibility index (Phi) is 4.50. The lowest BCUT2D eigenvalue weighted by atomic mass is 10.3. The number of carbonyl (C=O) groups excluding carboxylic acids is 2.